The lowest BCUT2D eigenvalue weighted by molar-refractivity contribution is 0.210. The van der Waals surface area contributed by atoms with Gasteiger partial charge in [0.2, 0.25) is 6.03 Å². The molecule has 0 amide bonds. The lowest BCUT2D eigenvalue weighted by Gasteiger charge is -2.11. The van der Waals surface area contributed by atoms with Gasteiger partial charge in [0, 0.05) is 0 Å². The first-order chi connectivity index (χ1) is 6.68. The van der Waals surface area contributed by atoms with Crippen LogP contribution in [0.1, 0.15) is 39.5 Å². The minimum atomic E-state index is -3.44. The molecule has 0 rings (SSSR count). The second-order valence-corrected chi connectivity index (χ2v) is 4.83. The summed E-state index contributed by atoms with van der Waals surface area (Å²) in [6.07, 6.45) is 3.45. The molecule has 0 heterocycles. The fourth-order valence-electron chi connectivity index (χ4n) is 0.770. The zero-order chi connectivity index (χ0) is 10.9. The van der Waals surface area contributed by atoms with E-state index in [0.29, 0.717) is 13.2 Å². The molecule has 0 unspecified atom stereocenters. The van der Waals surface area contributed by atoms with E-state index in [2.05, 4.69) is 0 Å². The summed E-state index contributed by atoms with van der Waals surface area (Å²) >= 11 is 0. The van der Waals surface area contributed by atoms with Crippen molar-refractivity contribution in [3.8, 4) is 0 Å². The molecular formula is C9H19O4P. The Labute approximate surface area is 85.5 Å². The van der Waals surface area contributed by atoms with Crippen LogP contribution in [0.3, 0.4) is 0 Å². The van der Waals surface area contributed by atoms with Crippen molar-refractivity contribution in [1.29, 1.82) is 0 Å². The number of carbonyl (C=O) groups excluding carboxylic acids is 1. The Balaban J connectivity index is 3.80. The van der Waals surface area contributed by atoms with Crippen LogP contribution in [0.2, 0.25) is 0 Å². The standard InChI is InChI=1S/C9H19O4P/c1-3-5-7-12-14(11,9-10)13-8-6-4-2/h9H,3-8H2,1-2H3. The van der Waals surface area contributed by atoms with Crippen LogP contribution in [-0.2, 0) is 18.4 Å². The van der Waals surface area contributed by atoms with E-state index in [4.69, 9.17) is 9.05 Å². The molecule has 0 bridgehead atoms. The van der Waals surface area contributed by atoms with E-state index < -0.39 is 7.60 Å². The number of hydrogen-bond acceptors (Lipinski definition) is 4. The Kier molecular flexibility index (Phi) is 8.05. The largest absolute Gasteiger partial charge is 0.393 e. The highest BCUT2D eigenvalue weighted by Gasteiger charge is 2.22. The third-order valence-electron chi connectivity index (χ3n) is 1.67. The summed E-state index contributed by atoms with van der Waals surface area (Å²) in [5, 5.41) is 0. The monoisotopic (exact) mass is 222 g/mol. The maximum atomic E-state index is 11.5. The molecule has 0 fully saturated rings. The van der Waals surface area contributed by atoms with Gasteiger partial charge in [-0.25, -0.2) is 0 Å². The van der Waals surface area contributed by atoms with Crippen LogP contribution in [0.25, 0.3) is 0 Å². The predicted molar refractivity (Wildman–Crippen MR) is 56.1 cm³/mol. The third kappa shape index (κ3) is 6.30. The molecule has 0 saturated carbocycles. The maximum absolute atomic E-state index is 11.5. The molecule has 0 aromatic rings. The molecule has 0 spiro atoms. The fraction of sp³-hybridized carbons (Fsp3) is 0.889. The van der Waals surface area contributed by atoms with Crippen molar-refractivity contribution >= 4 is 13.6 Å². The summed E-state index contributed by atoms with van der Waals surface area (Å²) in [7, 11) is -3.44. The summed E-state index contributed by atoms with van der Waals surface area (Å²) in [6, 6.07) is 0.290. The normalized spacial score (nSPS) is 11.6. The molecule has 0 saturated heterocycles. The Morgan fingerprint density at radius 2 is 1.50 bits per heavy atom. The van der Waals surface area contributed by atoms with E-state index in [1.165, 1.54) is 0 Å². The summed E-state index contributed by atoms with van der Waals surface area (Å²) in [5.74, 6) is 0. The van der Waals surface area contributed by atoms with Crippen LogP contribution in [0.5, 0.6) is 0 Å². The molecule has 0 aliphatic carbocycles. The van der Waals surface area contributed by atoms with Gasteiger partial charge in [-0.15, -0.1) is 0 Å². The highest BCUT2D eigenvalue weighted by atomic mass is 31.2. The van der Waals surface area contributed by atoms with Crippen LogP contribution in [0.4, 0.5) is 0 Å². The zero-order valence-corrected chi connectivity index (χ0v) is 9.79. The molecule has 0 atom stereocenters. The second kappa shape index (κ2) is 8.16. The predicted octanol–water partition coefficient (Wildman–Crippen LogP) is 3.00. The van der Waals surface area contributed by atoms with E-state index in [1.807, 2.05) is 13.8 Å². The molecule has 0 N–H and O–H groups in total. The Morgan fingerprint density at radius 1 is 1.07 bits per heavy atom. The molecule has 5 heteroatoms. The quantitative estimate of drug-likeness (QED) is 0.342. The van der Waals surface area contributed by atoms with Gasteiger partial charge in [-0.1, -0.05) is 26.7 Å². The van der Waals surface area contributed by atoms with Crippen LogP contribution in [0, 0.1) is 0 Å². The molecule has 0 aromatic carbocycles. The summed E-state index contributed by atoms with van der Waals surface area (Å²) in [6.45, 7) is 4.62. The molecule has 84 valence electrons. The number of unbranched alkanes of at least 4 members (excludes halogenated alkanes) is 2. The molecule has 0 aromatic heterocycles. The van der Waals surface area contributed by atoms with Crippen molar-refractivity contribution in [3.63, 3.8) is 0 Å². The average Bonchev–Trinajstić information content (AvgIpc) is 2.19. The van der Waals surface area contributed by atoms with Gasteiger partial charge in [0.25, 0.3) is 0 Å². The smallest absolute Gasteiger partial charge is 0.303 e. The molecule has 14 heavy (non-hydrogen) atoms. The summed E-state index contributed by atoms with van der Waals surface area (Å²) in [5.41, 5.74) is 0. The Hall–Kier alpha value is -0.180. The van der Waals surface area contributed by atoms with Crippen LogP contribution < -0.4 is 0 Å². The number of carbonyl (C=O) groups is 1. The van der Waals surface area contributed by atoms with Crippen molar-refractivity contribution in [3.05, 3.63) is 0 Å². The minimum absolute atomic E-state index is 0.290. The average molecular weight is 222 g/mol. The molecule has 0 aliphatic rings. The van der Waals surface area contributed by atoms with Crippen LogP contribution in [-0.4, -0.2) is 19.2 Å². The highest BCUT2D eigenvalue weighted by molar-refractivity contribution is 7.69. The van der Waals surface area contributed by atoms with Crippen molar-refractivity contribution in [2.45, 2.75) is 39.5 Å². The van der Waals surface area contributed by atoms with Crippen LogP contribution >= 0.6 is 7.60 Å². The highest BCUT2D eigenvalue weighted by Crippen LogP contribution is 2.44. The number of rotatable bonds is 9. The second-order valence-electron chi connectivity index (χ2n) is 3.02. The summed E-state index contributed by atoms with van der Waals surface area (Å²) < 4.78 is 21.4. The first-order valence-corrected chi connectivity index (χ1v) is 6.65. The zero-order valence-electron chi connectivity index (χ0n) is 8.90. The maximum Gasteiger partial charge on any atom is 0.393 e. The van der Waals surface area contributed by atoms with E-state index in [9.17, 15) is 9.36 Å². The lowest BCUT2D eigenvalue weighted by Crippen LogP contribution is -1.99. The van der Waals surface area contributed by atoms with E-state index >= 15 is 0 Å². The van der Waals surface area contributed by atoms with Crippen molar-refractivity contribution in [2.24, 2.45) is 0 Å². The van der Waals surface area contributed by atoms with Gasteiger partial charge >= 0.3 is 7.60 Å². The topological polar surface area (TPSA) is 52.6 Å². The van der Waals surface area contributed by atoms with Gasteiger partial charge in [0.05, 0.1) is 13.2 Å². The third-order valence-corrected chi connectivity index (χ3v) is 3.01. The van der Waals surface area contributed by atoms with E-state index in [-0.39, 0.29) is 6.03 Å². The Bertz CT molecular complexity index is 179. The Morgan fingerprint density at radius 3 is 1.79 bits per heavy atom. The van der Waals surface area contributed by atoms with Crippen LogP contribution in [0.15, 0.2) is 0 Å². The number of hydrogen-bond donors (Lipinski definition) is 0. The van der Waals surface area contributed by atoms with Crippen molar-refractivity contribution < 1.29 is 18.4 Å². The first-order valence-electron chi connectivity index (χ1n) is 5.03. The van der Waals surface area contributed by atoms with Crippen molar-refractivity contribution in [2.75, 3.05) is 13.2 Å². The molecular weight excluding hydrogens is 203 g/mol. The minimum Gasteiger partial charge on any atom is -0.303 e. The lowest BCUT2D eigenvalue weighted by atomic mass is 10.4. The van der Waals surface area contributed by atoms with Gasteiger partial charge in [0.15, 0.2) is 0 Å². The van der Waals surface area contributed by atoms with Gasteiger partial charge in [0.1, 0.15) is 0 Å². The van der Waals surface area contributed by atoms with Gasteiger partial charge in [-0.2, -0.15) is 0 Å². The molecule has 0 radical (unpaired) electrons. The molecule has 0 aliphatic heterocycles. The summed E-state index contributed by atoms with van der Waals surface area (Å²) in [4.78, 5) is 10.5. The van der Waals surface area contributed by atoms with Crippen molar-refractivity contribution in [1.82, 2.24) is 0 Å². The van der Waals surface area contributed by atoms with E-state index in [1.54, 1.807) is 0 Å². The fourth-order valence-corrected chi connectivity index (χ4v) is 1.73. The van der Waals surface area contributed by atoms with Gasteiger partial charge in [-0.3, -0.25) is 9.36 Å². The first kappa shape index (κ1) is 13.8. The molecule has 4 nitrogen and oxygen atoms in total. The van der Waals surface area contributed by atoms with Gasteiger partial charge < -0.3 is 9.05 Å². The van der Waals surface area contributed by atoms with Gasteiger partial charge in [-0.05, 0) is 12.8 Å². The van der Waals surface area contributed by atoms with E-state index in [0.717, 1.165) is 25.7 Å². The SMILES string of the molecule is CCCCOP(=O)(C=O)OCCCC.